The van der Waals surface area contributed by atoms with Gasteiger partial charge in [0, 0.05) is 7.89 Å². The molecule has 1 rings (SSSR count). The van der Waals surface area contributed by atoms with Gasteiger partial charge in [0.2, 0.25) is 0 Å². The summed E-state index contributed by atoms with van der Waals surface area (Å²) in [7, 11) is 1.29. The number of hydrogen-bond acceptors (Lipinski definition) is 1. The molecule has 0 saturated heterocycles. The molecule has 1 aliphatic rings. The molecule has 0 spiro atoms. The standard InChI is InChI=1S/CP2S/c4-3-1-2-3. The molecule has 4 heavy (non-hydrogen) atoms. The van der Waals surface area contributed by atoms with Crippen molar-refractivity contribution in [3.63, 3.8) is 0 Å². The lowest BCUT2D eigenvalue weighted by atomic mass is 12.0. The topological polar surface area (TPSA) is 0 Å². The normalized spacial score (nSPS) is 28.5. The Morgan fingerprint density at radius 2 is 2.25 bits per heavy atom. The highest BCUT2D eigenvalue weighted by Crippen LogP contribution is 2.35. The van der Waals surface area contributed by atoms with E-state index >= 15 is 0 Å². The maximum atomic E-state index is 4.67. The molecule has 1 aliphatic heterocycles. The van der Waals surface area contributed by atoms with Gasteiger partial charge in [-0.15, -0.1) is 0 Å². The van der Waals surface area contributed by atoms with Gasteiger partial charge < -0.3 is 0 Å². The molecule has 0 aromatic heterocycles. The van der Waals surface area contributed by atoms with Crippen molar-refractivity contribution in [3.05, 3.63) is 0 Å². The van der Waals surface area contributed by atoms with Crippen LogP contribution in [-0.4, -0.2) is 5.17 Å². The van der Waals surface area contributed by atoms with Gasteiger partial charge in [-0.3, -0.25) is 0 Å². The lowest BCUT2D eigenvalue weighted by molar-refractivity contribution is 4.69. The molecule has 1 unspecified atom stereocenters. The quantitative estimate of drug-likeness (QED) is 0.421. The van der Waals surface area contributed by atoms with E-state index in [-0.39, 0.29) is 6.01 Å². The van der Waals surface area contributed by atoms with E-state index in [1.54, 1.807) is 0 Å². The predicted molar refractivity (Wildman–Crippen MR) is 26.2 cm³/mol. The van der Waals surface area contributed by atoms with Gasteiger partial charge in [-0.1, -0.05) is 0 Å². The Balaban J connectivity index is 3.45. The van der Waals surface area contributed by atoms with E-state index in [0.717, 1.165) is 0 Å². The Bertz CT molecular complexity index is 106. The Kier molecular flexibility index (Phi) is 0.547. The molecule has 3 heteroatoms. The molecule has 0 bridgehead atoms. The molecule has 0 amide bonds. The van der Waals surface area contributed by atoms with Gasteiger partial charge in [0.1, 0.15) is 0 Å². The fourth-order valence-electron chi connectivity index (χ4n) is 0.0183. The molecule has 0 aromatic rings. The first-order chi connectivity index (χ1) is 1.89. The predicted octanol–water partition coefficient (Wildman–Crippen LogP) is 1.44. The molecule has 1 heterocycles. The summed E-state index contributed by atoms with van der Waals surface area (Å²) in [4.78, 5) is 0. The molecule has 0 aromatic carbocycles. The highest BCUT2D eigenvalue weighted by molar-refractivity contribution is 8.46. The van der Waals surface area contributed by atoms with Crippen LogP contribution in [0.4, 0.5) is 0 Å². The van der Waals surface area contributed by atoms with Crippen LogP contribution in [0.1, 0.15) is 0 Å². The summed E-state index contributed by atoms with van der Waals surface area (Å²) in [6.07, 6.45) is 0. The van der Waals surface area contributed by atoms with Crippen LogP contribution in [0.2, 0.25) is 0 Å². The van der Waals surface area contributed by atoms with Gasteiger partial charge in [-0.2, -0.15) is 0 Å². The third kappa shape index (κ3) is 0.514. The van der Waals surface area contributed by atoms with Crippen LogP contribution in [0.15, 0.2) is 0 Å². The minimum Gasteiger partial charge on any atom is -0.0434 e. The van der Waals surface area contributed by atoms with Crippen molar-refractivity contribution >= 4 is 30.9 Å². The zero-order valence-corrected chi connectivity index (χ0v) is 4.41. The second-order valence-electron chi connectivity index (χ2n) is 0.473. The lowest BCUT2D eigenvalue weighted by Crippen LogP contribution is -0.779. The van der Waals surface area contributed by atoms with E-state index in [0.29, 0.717) is 0 Å². The lowest BCUT2D eigenvalue weighted by Gasteiger charge is -1.21. The summed E-state index contributed by atoms with van der Waals surface area (Å²) in [6, 6.07) is -0.0648. The van der Waals surface area contributed by atoms with E-state index in [2.05, 4.69) is 17.0 Å². The molecule has 20 valence electrons. The molecular weight excluding hydrogens is 106 g/mol. The molecule has 0 nitrogen and oxygen atoms in total. The van der Waals surface area contributed by atoms with Gasteiger partial charge in [-0.25, -0.2) is 0 Å². The minimum absolute atomic E-state index is 0.0648. The maximum absolute atomic E-state index is 4.67. The van der Waals surface area contributed by atoms with Crippen molar-refractivity contribution < 1.29 is 0 Å². The van der Waals surface area contributed by atoms with Crippen molar-refractivity contribution in [1.82, 2.24) is 0 Å². The first-order valence-electron chi connectivity index (χ1n) is 0.830. The van der Waals surface area contributed by atoms with Crippen LogP contribution in [0.25, 0.3) is 0 Å². The monoisotopic (exact) mass is 106 g/mol. The van der Waals surface area contributed by atoms with Gasteiger partial charge in [0.05, 0.1) is 6.01 Å². The largest absolute Gasteiger partial charge is 0.0537 e. The Morgan fingerprint density at radius 3 is 2.25 bits per heavy atom. The number of rotatable bonds is 0. The average molecular weight is 106 g/mol. The zero-order valence-electron chi connectivity index (χ0n) is 1.80. The van der Waals surface area contributed by atoms with Crippen molar-refractivity contribution in [2.75, 3.05) is 0 Å². The van der Waals surface area contributed by atoms with E-state index in [1.165, 1.54) is 7.89 Å². The third-order valence-electron chi connectivity index (χ3n) is 0.182. The highest BCUT2D eigenvalue weighted by atomic mass is 32.6. The zero-order chi connectivity index (χ0) is 2.99. The van der Waals surface area contributed by atoms with E-state index in [4.69, 9.17) is 0 Å². The molecule has 1 atom stereocenters. The summed E-state index contributed by atoms with van der Waals surface area (Å²) in [5.41, 5.74) is 0. The van der Waals surface area contributed by atoms with E-state index in [1.807, 2.05) is 0 Å². The summed E-state index contributed by atoms with van der Waals surface area (Å²) in [5.74, 6) is 0. The smallest absolute Gasteiger partial charge is 0.0434 e. The molecule has 0 saturated carbocycles. The van der Waals surface area contributed by atoms with Crippen LogP contribution in [0.5, 0.6) is 0 Å². The Hall–Kier alpha value is 0.600. The molecule has 0 radical (unpaired) electrons. The first kappa shape index (κ1) is 2.82. The van der Waals surface area contributed by atoms with Crippen LogP contribution in [0, 0.1) is 0 Å². The molecule has 0 N–H and O–H groups in total. The minimum atomic E-state index is -0.0648. The van der Waals surface area contributed by atoms with Crippen LogP contribution >= 0.6 is 13.9 Å². The highest BCUT2D eigenvalue weighted by Gasteiger charge is 1.75. The van der Waals surface area contributed by atoms with Crippen molar-refractivity contribution in [3.8, 4) is 0 Å². The third-order valence-corrected chi connectivity index (χ3v) is 3.10. The second-order valence-corrected chi connectivity index (χ2v) is 5.73. The SMILES string of the molecule is S=P1=C=P1. The van der Waals surface area contributed by atoms with Crippen molar-refractivity contribution in [2.24, 2.45) is 0 Å². The maximum Gasteiger partial charge on any atom is 0.0537 e. The van der Waals surface area contributed by atoms with Gasteiger partial charge in [-0.05, 0) is 17.0 Å². The van der Waals surface area contributed by atoms with Crippen molar-refractivity contribution in [2.45, 2.75) is 0 Å². The summed E-state index contributed by atoms with van der Waals surface area (Å²) in [6.45, 7) is 0. The molecule has 0 fully saturated rings. The second kappa shape index (κ2) is 0.776. The Labute approximate surface area is 31.6 Å². The van der Waals surface area contributed by atoms with Crippen molar-refractivity contribution in [1.29, 1.82) is 0 Å². The van der Waals surface area contributed by atoms with Crippen LogP contribution in [0.3, 0.4) is 0 Å². The summed E-state index contributed by atoms with van der Waals surface area (Å²) >= 11 is 4.67. The Morgan fingerprint density at radius 1 is 2.00 bits per heavy atom. The van der Waals surface area contributed by atoms with E-state index in [9.17, 15) is 0 Å². The fourth-order valence-corrected chi connectivity index (χ4v) is 1.48. The van der Waals surface area contributed by atoms with E-state index < -0.39 is 0 Å². The van der Waals surface area contributed by atoms with Gasteiger partial charge in [0.15, 0.2) is 0 Å². The molecular formula is CP2S. The van der Waals surface area contributed by atoms with Gasteiger partial charge in [0.25, 0.3) is 0 Å². The van der Waals surface area contributed by atoms with Crippen LogP contribution in [-0.2, 0) is 11.8 Å². The van der Waals surface area contributed by atoms with Crippen LogP contribution < -0.4 is 0 Å². The summed E-state index contributed by atoms with van der Waals surface area (Å²) < 4.78 is 0. The van der Waals surface area contributed by atoms with Gasteiger partial charge >= 0.3 is 0 Å². The fraction of sp³-hybridized carbons (Fsp3) is 0. The first-order valence-corrected chi connectivity index (χ1v) is 4.78. The summed E-state index contributed by atoms with van der Waals surface area (Å²) in [5, 5.41) is 2.95. The number of hydrogen-bond donors (Lipinski definition) is 0. The average Bonchev–Trinajstić information content (AvgIpc) is 1.75. The molecule has 0 aliphatic carbocycles.